The van der Waals surface area contributed by atoms with E-state index in [0.717, 1.165) is 4.90 Å². The molecule has 19 heavy (non-hydrogen) atoms. The smallest absolute Gasteiger partial charge is 0.341 e. The summed E-state index contributed by atoms with van der Waals surface area (Å²) < 4.78 is 9.96. The molecule has 1 heterocycles. The van der Waals surface area contributed by atoms with E-state index in [2.05, 4.69) is 4.74 Å². The van der Waals surface area contributed by atoms with Gasteiger partial charge in [-0.3, -0.25) is 0 Å². The minimum absolute atomic E-state index is 0.417. The van der Waals surface area contributed by atoms with Crippen molar-refractivity contribution in [1.82, 2.24) is 0 Å². The number of carbonyl (C=O) groups excluding carboxylic acids is 1. The van der Waals surface area contributed by atoms with Gasteiger partial charge in [0.2, 0.25) is 0 Å². The summed E-state index contributed by atoms with van der Waals surface area (Å²) in [6.07, 6.45) is 1.46. The number of hydrogen-bond acceptors (Lipinski definition) is 5. The van der Waals surface area contributed by atoms with E-state index in [1.165, 1.54) is 25.1 Å². The molecule has 0 fully saturated rings. The maximum atomic E-state index is 11.5. The summed E-state index contributed by atoms with van der Waals surface area (Å²) in [7, 11) is 1.33. The van der Waals surface area contributed by atoms with Crippen LogP contribution in [0, 0.1) is 0 Å². The summed E-state index contributed by atoms with van der Waals surface area (Å²) >= 11 is 7.49. The molecule has 0 atom stereocenters. The molecule has 0 saturated carbocycles. The van der Waals surface area contributed by atoms with Crippen LogP contribution in [-0.4, -0.2) is 13.1 Å². The molecule has 0 bridgehead atoms. The summed E-state index contributed by atoms with van der Waals surface area (Å²) in [5, 5.41) is 0.580. The molecular weight excluding hydrogens is 286 g/mol. The second kappa shape index (κ2) is 6.04. The zero-order chi connectivity index (χ0) is 13.8. The third kappa shape index (κ3) is 3.05. The van der Waals surface area contributed by atoms with E-state index in [0.29, 0.717) is 27.8 Å². The van der Waals surface area contributed by atoms with Crippen LogP contribution in [0.3, 0.4) is 0 Å². The maximum absolute atomic E-state index is 11.5. The zero-order valence-corrected chi connectivity index (χ0v) is 11.8. The van der Waals surface area contributed by atoms with Crippen LogP contribution < -0.4 is 5.73 Å². The van der Waals surface area contributed by atoms with Crippen LogP contribution in [0.4, 0.5) is 5.69 Å². The Balaban J connectivity index is 2.15. The van der Waals surface area contributed by atoms with E-state index < -0.39 is 5.97 Å². The summed E-state index contributed by atoms with van der Waals surface area (Å²) in [5.41, 5.74) is 6.88. The Morgan fingerprint density at radius 2 is 2.26 bits per heavy atom. The number of esters is 1. The SMILES string of the molecule is COC(=O)c1ccoc1CSc1c(N)cccc1Cl. The van der Waals surface area contributed by atoms with Gasteiger partial charge in [-0.2, -0.15) is 0 Å². The number of benzene rings is 1. The average molecular weight is 298 g/mol. The number of methoxy groups -OCH3 is 1. The van der Waals surface area contributed by atoms with Gasteiger partial charge < -0.3 is 14.9 Å². The first-order chi connectivity index (χ1) is 9.13. The number of halogens is 1. The first-order valence-electron chi connectivity index (χ1n) is 5.45. The molecule has 0 aliphatic heterocycles. The number of nitrogens with two attached hydrogens (primary N) is 1. The zero-order valence-electron chi connectivity index (χ0n) is 10.2. The molecule has 0 aliphatic carbocycles. The van der Waals surface area contributed by atoms with E-state index in [-0.39, 0.29) is 0 Å². The number of nitrogen functional groups attached to an aromatic ring is 1. The van der Waals surface area contributed by atoms with Crippen LogP contribution in [0.25, 0.3) is 0 Å². The Kier molecular flexibility index (Phi) is 4.39. The molecule has 2 rings (SSSR count). The van der Waals surface area contributed by atoms with Crippen molar-refractivity contribution in [3.05, 3.63) is 46.9 Å². The van der Waals surface area contributed by atoms with Crippen molar-refractivity contribution in [3.63, 3.8) is 0 Å². The maximum Gasteiger partial charge on any atom is 0.341 e. The normalized spacial score (nSPS) is 10.4. The molecule has 1 aromatic heterocycles. The van der Waals surface area contributed by atoms with Gasteiger partial charge in [0.25, 0.3) is 0 Å². The van der Waals surface area contributed by atoms with Crippen molar-refractivity contribution in [2.24, 2.45) is 0 Å². The van der Waals surface area contributed by atoms with Crippen molar-refractivity contribution < 1.29 is 13.9 Å². The quantitative estimate of drug-likeness (QED) is 0.531. The molecule has 0 aliphatic rings. The molecule has 2 N–H and O–H groups in total. The largest absolute Gasteiger partial charge is 0.468 e. The Bertz CT molecular complexity index is 577. The fourth-order valence-corrected chi connectivity index (χ4v) is 2.84. The van der Waals surface area contributed by atoms with Crippen LogP contribution in [0.2, 0.25) is 5.02 Å². The van der Waals surface area contributed by atoms with Crippen molar-refractivity contribution in [2.75, 3.05) is 12.8 Å². The molecule has 100 valence electrons. The molecule has 1 aromatic carbocycles. The number of furan rings is 1. The topological polar surface area (TPSA) is 65.5 Å². The monoisotopic (exact) mass is 297 g/mol. The summed E-state index contributed by atoms with van der Waals surface area (Å²) in [6, 6.07) is 6.91. The lowest BCUT2D eigenvalue weighted by molar-refractivity contribution is 0.0598. The third-order valence-corrected chi connectivity index (χ3v) is 4.07. The minimum Gasteiger partial charge on any atom is -0.468 e. The molecule has 6 heteroatoms. The highest BCUT2D eigenvalue weighted by molar-refractivity contribution is 7.98. The summed E-state index contributed by atoms with van der Waals surface area (Å²) in [4.78, 5) is 12.3. The number of carbonyl (C=O) groups is 1. The molecule has 4 nitrogen and oxygen atoms in total. The standard InChI is InChI=1S/C13H12ClNO3S/c1-17-13(16)8-5-6-18-11(8)7-19-12-9(14)3-2-4-10(12)15/h2-6H,7,15H2,1H3. The first-order valence-corrected chi connectivity index (χ1v) is 6.81. The van der Waals surface area contributed by atoms with Crippen molar-refractivity contribution in [3.8, 4) is 0 Å². The van der Waals surface area contributed by atoms with Gasteiger partial charge in [0.1, 0.15) is 11.3 Å². The lowest BCUT2D eigenvalue weighted by atomic mass is 10.3. The predicted octanol–water partition coefficient (Wildman–Crippen LogP) is 3.59. The van der Waals surface area contributed by atoms with Crippen LogP contribution >= 0.6 is 23.4 Å². The van der Waals surface area contributed by atoms with Gasteiger partial charge in [0.15, 0.2) is 0 Å². The molecule has 2 aromatic rings. The highest BCUT2D eigenvalue weighted by Gasteiger charge is 2.16. The predicted molar refractivity (Wildman–Crippen MR) is 75.5 cm³/mol. The molecular formula is C13H12ClNO3S. The number of rotatable bonds is 4. The third-order valence-electron chi connectivity index (χ3n) is 2.50. The van der Waals surface area contributed by atoms with Crippen molar-refractivity contribution in [2.45, 2.75) is 10.6 Å². The lowest BCUT2D eigenvalue weighted by Crippen LogP contribution is -2.02. The van der Waals surface area contributed by atoms with Crippen molar-refractivity contribution in [1.29, 1.82) is 0 Å². The van der Waals surface area contributed by atoms with Gasteiger partial charge in [0, 0.05) is 10.6 Å². The van der Waals surface area contributed by atoms with E-state index in [9.17, 15) is 4.79 Å². The minimum atomic E-state index is -0.420. The highest BCUT2D eigenvalue weighted by atomic mass is 35.5. The van der Waals surface area contributed by atoms with Crippen LogP contribution in [0.5, 0.6) is 0 Å². The van der Waals surface area contributed by atoms with Crippen molar-refractivity contribution >= 4 is 35.0 Å². The Morgan fingerprint density at radius 3 is 2.95 bits per heavy atom. The molecule has 0 radical (unpaired) electrons. The van der Waals surface area contributed by atoms with Crippen LogP contribution in [0.1, 0.15) is 16.1 Å². The van der Waals surface area contributed by atoms with E-state index in [4.69, 9.17) is 21.8 Å². The molecule has 0 saturated heterocycles. The molecule has 0 unspecified atom stereocenters. The lowest BCUT2D eigenvalue weighted by Gasteiger charge is -2.07. The molecule has 0 amide bonds. The van der Waals surface area contributed by atoms with Gasteiger partial charge in [0.05, 0.1) is 24.1 Å². The Labute approximate surface area is 119 Å². The fourth-order valence-electron chi connectivity index (χ4n) is 1.56. The van der Waals surface area contributed by atoms with Crippen LogP contribution in [0.15, 0.2) is 39.8 Å². The van der Waals surface area contributed by atoms with Gasteiger partial charge in [-0.15, -0.1) is 11.8 Å². The van der Waals surface area contributed by atoms with Gasteiger partial charge in [-0.25, -0.2) is 4.79 Å². The number of thioether (sulfide) groups is 1. The Hall–Kier alpha value is -1.59. The highest BCUT2D eigenvalue weighted by Crippen LogP contribution is 2.35. The van der Waals surface area contributed by atoms with E-state index in [1.54, 1.807) is 24.3 Å². The number of anilines is 1. The number of ether oxygens (including phenoxy) is 1. The Morgan fingerprint density at radius 1 is 1.47 bits per heavy atom. The fraction of sp³-hybridized carbons (Fsp3) is 0.154. The van der Waals surface area contributed by atoms with E-state index in [1.807, 2.05) is 0 Å². The van der Waals surface area contributed by atoms with Crippen LogP contribution in [-0.2, 0) is 10.5 Å². The average Bonchev–Trinajstić information content (AvgIpc) is 2.85. The van der Waals surface area contributed by atoms with Gasteiger partial charge in [-0.1, -0.05) is 17.7 Å². The number of hydrogen-bond donors (Lipinski definition) is 1. The van der Waals surface area contributed by atoms with E-state index >= 15 is 0 Å². The molecule has 0 spiro atoms. The van der Waals surface area contributed by atoms with Gasteiger partial charge in [-0.05, 0) is 18.2 Å². The summed E-state index contributed by atoms with van der Waals surface area (Å²) in [6.45, 7) is 0. The van der Waals surface area contributed by atoms with Gasteiger partial charge >= 0.3 is 5.97 Å². The first kappa shape index (κ1) is 13.8. The second-order valence-electron chi connectivity index (χ2n) is 3.70. The second-order valence-corrected chi connectivity index (χ2v) is 5.09. The summed E-state index contributed by atoms with van der Waals surface area (Å²) in [5.74, 6) is 0.568.